The molecule has 0 spiro atoms. The third-order valence-corrected chi connectivity index (χ3v) is 4.88. The molecule has 0 bridgehead atoms. The second-order valence-electron chi connectivity index (χ2n) is 5.37. The number of aryl methyl sites for hydroxylation is 1. The van der Waals surface area contributed by atoms with Crippen LogP contribution in [0.25, 0.3) is 0 Å². The number of methoxy groups -OCH3 is 1. The van der Waals surface area contributed by atoms with E-state index < -0.39 is 28.9 Å². The second kappa shape index (κ2) is 8.57. The van der Waals surface area contributed by atoms with Crippen LogP contribution in [0, 0.1) is 12.8 Å². The zero-order chi connectivity index (χ0) is 17.5. The minimum Gasteiger partial charge on any atom is -0.469 e. The van der Waals surface area contributed by atoms with Crippen molar-refractivity contribution in [2.45, 2.75) is 17.9 Å². The van der Waals surface area contributed by atoms with Crippen LogP contribution >= 0.6 is 0 Å². The van der Waals surface area contributed by atoms with Gasteiger partial charge in [0.2, 0.25) is 0 Å². The van der Waals surface area contributed by atoms with Crippen LogP contribution in [0.3, 0.4) is 0 Å². The SMILES string of the molecule is C=C[C@H](C(=O)OC)[C@@H](N[S@@](=O)c1ccc(C)cc1)c1ccccc1. The molecule has 0 aliphatic rings. The monoisotopic (exact) mass is 343 g/mol. The third kappa shape index (κ3) is 4.40. The quantitative estimate of drug-likeness (QED) is 0.620. The average Bonchev–Trinajstić information content (AvgIpc) is 2.62. The van der Waals surface area contributed by atoms with Crippen molar-refractivity contribution < 1.29 is 13.7 Å². The minimum absolute atomic E-state index is 0.424. The Morgan fingerprint density at radius 1 is 1.17 bits per heavy atom. The molecule has 0 heterocycles. The minimum atomic E-state index is -1.47. The van der Waals surface area contributed by atoms with Crippen molar-refractivity contribution in [1.29, 1.82) is 0 Å². The van der Waals surface area contributed by atoms with Crippen LogP contribution in [-0.2, 0) is 20.5 Å². The summed E-state index contributed by atoms with van der Waals surface area (Å²) in [5, 5.41) is 0. The van der Waals surface area contributed by atoms with Crippen molar-refractivity contribution >= 4 is 17.0 Å². The first kappa shape index (κ1) is 18.1. The lowest BCUT2D eigenvalue weighted by Crippen LogP contribution is -2.33. The summed E-state index contributed by atoms with van der Waals surface area (Å²) < 4.78 is 20.6. The predicted octanol–water partition coefficient (Wildman–Crippen LogP) is 3.32. The summed E-state index contributed by atoms with van der Waals surface area (Å²) in [5.74, 6) is -1.07. The maximum absolute atomic E-state index is 12.7. The fraction of sp³-hybridized carbons (Fsp3) is 0.211. The van der Waals surface area contributed by atoms with E-state index in [9.17, 15) is 9.00 Å². The molecule has 0 radical (unpaired) electrons. The van der Waals surface area contributed by atoms with E-state index in [4.69, 9.17) is 4.74 Å². The van der Waals surface area contributed by atoms with Crippen molar-refractivity contribution in [1.82, 2.24) is 4.72 Å². The van der Waals surface area contributed by atoms with Gasteiger partial charge in [-0.2, -0.15) is 0 Å². The van der Waals surface area contributed by atoms with Gasteiger partial charge in [0.1, 0.15) is 11.0 Å². The van der Waals surface area contributed by atoms with E-state index in [2.05, 4.69) is 11.3 Å². The van der Waals surface area contributed by atoms with Crippen LogP contribution in [0.1, 0.15) is 17.2 Å². The van der Waals surface area contributed by atoms with Crippen molar-refractivity contribution in [2.75, 3.05) is 7.11 Å². The fourth-order valence-corrected chi connectivity index (χ4v) is 3.39. The summed E-state index contributed by atoms with van der Waals surface area (Å²) in [4.78, 5) is 12.7. The number of carbonyl (C=O) groups excluding carboxylic acids is 1. The topological polar surface area (TPSA) is 55.4 Å². The molecule has 0 aliphatic carbocycles. The maximum Gasteiger partial charge on any atom is 0.314 e. The molecule has 0 saturated heterocycles. The molecule has 0 amide bonds. The van der Waals surface area contributed by atoms with Gasteiger partial charge in [-0.15, -0.1) is 6.58 Å². The normalized spacial score (nSPS) is 14.4. The van der Waals surface area contributed by atoms with E-state index in [1.54, 1.807) is 0 Å². The van der Waals surface area contributed by atoms with Crippen LogP contribution in [0.4, 0.5) is 0 Å². The lowest BCUT2D eigenvalue weighted by atomic mass is 9.94. The second-order valence-corrected chi connectivity index (χ2v) is 6.62. The van der Waals surface area contributed by atoms with Gasteiger partial charge >= 0.3 is 5.97 Å². The lowest BCUT2D eigenvalue weighted by molar-refractivity contribution is -0.144. The van der Waals surface area contributed by atoms with Crippen LogP contribution < -0.4 is 4.72 Å². The van der Waals surface area contributed by atoms with Crippen LogP contribution in [0.2, 0.25) is 0 Å². The van der Waals surface area contributed by atoms with Gasteiger partial charge in [-0.3, -0.25) is 4.79 Å². The first-order valence-corrected chi connectivity index (χ1v) is 8.71. The fourth-order valence-electron chi connectivity index (χ4n) is 2.36. The molecule has 4 nitrogen and oxygen atoms in total. The highest BCUT2D eigenvalue weighted by atomic mass is 32.2. The molecule has 24 heavy (non-hydrogen) atoms. The zero-order valence-corrected chi connectivity index (χ0v) is 14.6. The van der Waals surface area contributed by atoms with E-state index in [1.165, 1.54) is 13.2 Å². The molecule has 126 valence electrons. The van der Waals surface area contributed by atoms with Gasteiger partial charge in [0.05, 0.1) is 24.0 Å². The lowest BCUT2D eigenvalue weighted by Gasteiger charge is -2.24. The number of hydrogen-bond donors (Lipinski definition) is 1. The van der Waals surface area contributed by atoms with Crippen LogP contribution in [-0.4, -0.2) is 17.3 Å². The Balaban J connectivity index is 2.32. The van der Waals surface area contributed by atoms with Gasteiger partial charge in [-0.1, -0.05) is 54.1 Å². The van der Waals surface area contributed by atoms with Gasteiger partial charge in [0, 0.05) is 0 Å². The molecule has 0 fully saturated rings. The highest BCUT2D eigenvalue weighted by Gasteiger charge is 2.29. The molecular weight excluding hydrogens is 322 g/mol. The molecule has 5 heteroatoms. The van der Waals surface area contributed by atoms with Crippen LogP contribution in [0.5, 0.6) is 0 Å². The third-order valence-electron chi connectivity index (χ3n) is 3.71. The van der Waals surface area contributed by atoms with Crippen molar-refractivity contribution in [2.24, 2.45) is 5.92 Å². The van der Waals surface area contributed by atoms with E-state index in [-0.39, 0.29) is 0 Å². The number of nitrogens with one attached hydrogen (secondary N) is 1. The molecule has 2 aromatic rings. The molecule has 3 atom stereocenters. The summed E-state index contributed by atoms with van der Waals surface area (Å²) in [6.07, 6.45) is 1.52. The molecule has 0 aromatic heterocycles. The molecule has 2 rings (SSSR count). The summed E-state index contributed by atoms with van der Waals surface area (Å²) in [5.41, 5.74) is 1.93. The van der Waals surface area contributed by atoms with Gasteiger partial charge in [-0.25, -0.2) is 8.93 Å². The Kier molecular flexibility index (Phi) is 6.46. The Hall–Kier alpha value is -2.24. The summed E-state index contributed by atoms with van der Waals surface area (Å²) in [6, 6.07) is 16.3. The van der Waals surface area contributed by atoms with Crippen molar-refractivity contribution in [3.05, 3.63) is 78.4 Å². The van der Waals surface area contributed by atoms with Gasteiger partial charge < -0.3 is 4.74 Å². The van der Waals surface area contributed by atoms with E-state index in [0.29, 0.717) is 4.90 Å². The molecule has 2 aromatic carbocycles. The van der Waals surface area contributed by atoms with E-state index in [1.807, 2.05) is 61.5 Å². The Labute approximate surface area is 145 Å². The highest BCUT2D eigenvalue weighted by Crippen LogP contribution is 2.25. The van der Waals surface area contributed by atoms with Crippen LogP contribution in [0.15, 0.2) is 72.1 Å². The number of benzene rings is 2. The Morgan fingerprint density at radius 3 is 2.33 bits per heavy atom. The molecule has 0 unspecified atom stereocenters. The number of ether oxygens (including phenoxy) is 1. The largest absolute Gasteiger partial charge is 0.469 e. The maximum atomic E-state index is 12.7. The average molecular weight is 343 g/mol. The molecule has 0 aliphatic heterocycles. The summed E-state index contributed by atoms with van der Waals surface area (Å²) in [7, 11) is -0.137. The predicted molar refractivity (Wildman–Crippen MR) is 95.6 cm³/mol. The number of carbonyl (C=O) groups is 1. The molecule has 0 saturated carbocycles. The van der Waals surface area contributed by atoms with Gasteiger partial charge in [-0.05, 0) is 24.6 Å². The van der Waals surface area contributed by atoms with Gasteiger partial charge in [0.15, 0.2) is 0 Å². The summed E-state index contributed by atoms with van der Waals surface area (Å²) in [6.45, 7) is 5.70. The Morgan fingerprint density at radius 2 is 1.79 bits per heavy atom. The number of hydrogen-bond acceptors (Lipinski definition) is 3. The standard InChI is InChI=1S/C19H21NO3S/c1-4-17(19(21)23-3)18(15-8-6-5-7-9-15)20-24(22)16-12-10-14(2)11-13-16/h4-13,17-18,20H,1H2,2-3H3/t17-,18-,24-/m0/s1. The van der Waals surface area contributed by atoms with E-state index >= 15 is 0 Å². The highest BCUT2D eigenvalue weighted by molar-refractivity contribution is 7.83. The van der Waals surface area contributed by atoms with Gasteiger partial charge in [0.25, 0.3) is 0 Å². The summed E-state index contributed by atoms with van der Waals surface area (Å²) >= 11 is 0. The molecular formula is C19H21NO3S. The zero-order valence-electron chi connectivity index (χ0n) is 13.8. The molecule has 1 N–H and O–H groups in total. The Bertz CT molecular complexity index is 713. The smallest absolute Gasteiger partial charge is 0.314 e. The van der Waals surface area contributed by atoms with E-state index in [0.717, 1.165) is 11.1 Å². The van der Waals surface area contributed by atoms with Crippen molar-refractivity contribution in [3.63, 3.8) is 0 Å². The number of rotatable bonds is 7. The first-order chi connectivity index (χ1) is 11.6. The first-order valence-electron chi connectivity index (χ1n) is 7.56. The van der Waals surface area contributed by atoms with Crippen molar-refractivity contribution in [3.8, 4) is 0 Å². The number of esters is 1.